The molecule has 0 bridgehead atoms. The number of carbonyl (C=O) groups excluding carboxylic acids is 1. The van der Waals surface area contributed by atoms with Gasteiger partial charge in [-0.25, -0.2) is 0 Å². The third kappa shape index (κ3) is 3.64. The van der Waals surface area contributed by atoms with E-state index in [-0.39, 0.29) is 12.5 Å². The van der Waals surface area contributed by atoms with Crippen molar-refractivity contribution >= 4 is 23.5 Å². The minimum atomic E-state index is -0.975. The van der Waals surface area contributed by atoms with Gasteiger partial charge in [-0.1, -0.05) is 54.1 Å². The Labute approximate surface area is 179 Å². The molecule has 4 rings (SSSR count). The molecule has 2 unspecified atom stereocenters. The largest absolute Gasteiger partial charge is 0.497 e. The Balaban J connectivity index is 1.85. The Bertz CT molecular complexity index is 1080. The number of hydrogen-bond donors (Lipinski definition) is 1. The smallest absolute Gasteiger partial charge is 0.313 e. The lowest BCUT2D eigenvalue weighted by Crippen LogP contribution is -2.44. The van der Waals surface area contributed by atoms with Gasteiger partial charge in [0, 0.05) is 17.1 Å². The molecule has 0 saturated carbocycles. The lowest BCUT2D eigenvalue weighted by molar-refractivity contribution is -0.140. The highest BCUT2D eigenvalue weighted by atomic mass is 35.5. The Kier molecular flexibility index (Phi) is 5.46. The van der Waals surface area contributed by atoms with Gasteiger partial charge in [0.15, 0.2) is 0 Å². The number of hydrogen-bond acceptors (Lipinski definition) is 3. The summed E-state index contributed by atoms with van der Waals surface area (Å²) in [6.45, 7) is 0.269. The first kappa shape index (κ1) is 20.0. The molecule has 0 spiro atoms. The maximum Gasteiger partial charge on any atom is 0.313 e. The molecular weight excluding hydrogens is 402 g/mol. The van der Waals surface area contributed by atoms with Crippen molar-refractivity contribution in [1.29, 1.82) is 0 Å². The average molecular weight is 422 g/mol. The fraction of sp³-hybridized carbons (Fsp3) is 0.167. The summed E-state index contributed by atoms with van der Waals surface area (Å²) >= 11 is 6.00. The van der Waals surface area contributed by atoms with Gasteiger partial charge in [-0.3, -0.25) is 9.59 Å². The lowest BCUT2D eigenvalue weighted by atomic mass is 9.79. The molecule has 6 heteroatoms. The average Bonchev–Trinajstić information content (AvgIpc) is 2.76. The highest BCUT2D eigenvalue weighted by Gasteiger charge is 2.44. The molecule has 30 heavy (non-hydrogen) atoms. The summed E-state index contributed by atoms with van der Waals surface area (Å²) in [7, 11) is 1.57. The van der Waals surface area contributed by atoms with E-state index < -0.39 is 17.9 Å². The van der Waals surface area contributed by atoms with Crippen LogP contribution in [0.1, 0.15) is 39.0 Å². The van der Waals surface area contributed by atoms with Crippen molar-refractivity contribution in [2.45, 2.75) is 18.5 Å². The summed E-state index contributed by atoms with van der Waals surface area (Å²) in [5, 5.41) is 10.7. The summed E-state index contributed by atoms with van der Waals surface area (Å²) in [5.74, 6) is -1.40. The molecule has 1 amide bonds. The molecule has 5 nitrogen and oxygen atoms in total. The molecule has 152 valence electrons. The highest BCUT2D eigenvalue weighted by molar-refractivity contribution is 6.30. The van der Waals surface area contributed by atoms with Crippen LogP contribution in [0.15, 0.2) is 72.8 Å². The predicted molar refractivity (Wildman–Crippen MR) is 114 cm³/mol. The van der Waals surface area contributed by atoms with Crippen molar-refractivity contribution in [1.82, 2.24) is 4.90 Å². The number of rotatable bonds is 5. The van der Waals surface area contributed by atoms with Crippen molar-refractivity contribution < 1.29 is 19.4 Å². The van der Waals surface area contributed by atoms with Crippen LogP contribution in [0.5, 0.6) is 5.75 Å². The third-order valence-corrected chi connectivity index (χ3v) is 5.68. The van der Waals surface area contributed by atoms with Crippen molar-refractivity contribution in [2.75, 3.05) is 7.11 Å². The van der Waals surface area contributed by atoms with Crippen LogP contribution in [-0.4, -0.2) is 29.0 Å². The minimum absolute atomic E-state index is 0.195. The zero-order chi connectivity index (χ0) is 21.3. The van der Waals surface area contributed by atoms with Crippen molar-refractivity contribution in [3.8, 4) is 5.75 Å². The molecular formula is C24H20ClNO4. The molecule has 0 radical (unpaired) electrons. The molecule has 2 atom stereocenters. The van der Waals surface area contributed by atoms with Crippen molar-refractivity contribution in [3.05, 3.63) is 100 Å². The monoisotopic (exact) mass is 421 g/mol. The Morgan fingerprint density at radius 2 is 1.70 bits per heavy atom. The Hall–Kier alpha value is -3.31. The molecule has 1 aliphatic heterocycles. The SMILES string of the molecule is COc1ccc(C2C(C(=O)O)c3ccccc3C(=O)N2Cc2ccc(Cl)cc2)cc1. The number of carboxylic acid groups (broad SMARTS) is 1. The predicted octanol–water partition coefficient (Wildman–Crippen LogP) is 4.91. The third-order valence-electron chi connectivity index (χ3n) is 5.43. The first-order chi connectivity index (χ1) is 14.5. The minimum Gasteiger partial charge on any atom is -0.497 e. The van der Waals surface area contributed by atoms with E-state index in [2.05, 4.69) is 0 Å². The highest BCUT2D eigenvalue weighted by Crippen LogP contribution is 2.43. The van der Waals surface area contributed by atoms with Gasteiger partial charge in [0.05, 0.1) is 13.2 Å². The van der Waals surface area contributed by atoms with E-state index in [1.54, 1.807) is 60.5 Å². The number of methoxy groups -OCH3 is 1. The quantitative estimate of drug-likeness (QED) is 0.635. The fourth-order valence-electron chi connectivity index (χ4n) is 3.99. The van der Waals surface area contributed by atoms with E-state index in [1.807, 2.05) is 24.3 Å². The number of ether oxygens (including phenoxy) is 1. The second-order valence-electron chi connectivity index (χ2n) is 7.18. The van der Waals surface area contributed by atoms with E-state index in [0.717, 1.165) is 11.1 Å². The van der Waals surface area contributed by atoms with E-state index in [9.17, 15) is 14.7 Å². The van der Waals surface area contributed by atoms with Gasteiger partial charge in [-0.05, 0) is 47.0 Å². The molecule has 3 aromatic rings. The van der Waals surface area contributed by atoms with Crippen LogP contribution in [0.2, 0.25) is 5.02 Å². The number of benzene rings is 3. The zero-order valence-corrected chi connectivity index (χ0v) is 17.0. The van der Waals surface area contributed by atoms with Gasteiger partial charge in [0.1, 0.15) is 11.7 Å². The lowest BCUT2D eigenvalue weighted by Gasteiger charge is -2.41. The maximum absolute atomic E-state index is 13.4. The number of halogens is 1. The van der Waals surface area contributed by atoms with E-state index in [0.29, 0.717) is 21.9 Å². The van der Waals surface area contributed by atoms with Crippen molar-refractivity contribution in [2.24, 2.45) is 0 Å². The van der Waals surface area contributed by atoms with Crippen LogP contribution in [0.3, 0.4) is 0 Å². The first-order valence-electron chi connectivity index (χ1n) is 9.50. The second kappa shape index (κ2) is 8.20. The van der Waals surface area contributed by atoms with Crippen LogP contribution in [0.4, 0.5) is 0 Å². The number of nitrogens with zero attached hydrogens (tertiary/aromatic N) is 1. The Morgan fingerprint density at radius 1 is 1.03 bits per heavy atom. The summed E-state index contributed by atoms with van der Waals surface area (Å²) in [6, 6.07) is 20.7. The second-order valence-corrected chi connectivity index (χ2v) is 7.62. The molecule has 3 aromatic carbocycles. The number of amides is 1. The van der Waals surface area contributed by atoms with Gasteiger partial charge >= 0.3 is 5.97 Å². The molecule has 1 aliphatic rings. The van der Waals surface area contributed by atoms with Crippen LogP contribution < -0.4 is 4.74 Å². The summed E-state index contributed by atoms with van der Waals surface area (Å²) in [5.41, 5.74) is 2.56. The fourth-order valence-corrected chi connectivity index (χ4v) is 4.12. The van der Waals surface area contributed by atoms with Gasteiger partial charge in [0.25, 0.3) is 5.91 Å². The van der Waals surface area contributed by atoms with Crippen molar-refractivity contribution in [3.63, 3.8) is 0 Å². The van der Waals surface area contributed by atoms with Crippen LogP contribution in [0, 0.1) is 0 Å². The standard InChI is InChI=1S/C24H20ClNO4/c1-30-18-12-8-16(9-13-18)22-21(24(28)29)19-4-2-3-5-20(19)23(27)26(22)14-15-6-10-17(25)11-7-15/h2-13,21-22H,14H2,1H3,(H,28,29). The first-order valence-corrected chi connectivity index (χ1v) is 9.88. The van der Waals surface area contributed by atoms with Gasteiger partial charge in [-0.2, -0.15) is 0 Å². The normalized spacial score (nSPS) is 18.1. The van der Waals surface area contributed by atoms with E-state index >= 15 is 0 Å². The van der Waals surface area contributed by atoms with E-state index in [4.69, 9.17) is 16.3 Å². The zero-order valence-electron chi connectivity index (χ0n) is 16.3. The summed E-state index contributed by atoms with van der Waals surface area (Å²) in [4.78, 5) is 27.5. The Morgan fingerprint density at radius 3 is 2.33 bits per heavy atom. The summed E-state index contributed by atoms with van der Waals surface area (Å²) < 4.78 is 5.23. The molecule has 0 aliphatic carbocycles. The molecule has 1 heterocycles. The molecule has 0 aromatic heterocycles. The van der Waals surface area contributed by atoms with E-state index in [1.165, 1.54) is 0 Å². The molecule has 0 saturated heterocycles. The summed E-state index contributed by atoms with van der Waals surface area (Å²) in [6.07, 6.45) is 0. The number of aliphatic carboxylic acids is 1. The van der Waals surface area contributed by atoms with Gasteiger partial charge < -0.3 is 14.7 Å². The van der Waals surface area contributed by atoms with Crippen LogP contribution >= 0.6 is 11.6 Å². The van der Waals surface area contributed by atoms with Gasteiger partial charge in [0.2, 0.25) is 0 Å². The molecule has 0 fully saturated rings. The number of carboxylic acids is 1. The maximum atomic E-state index is 13.4. The number of fused-ring (bicyclic) bond motifs is 1. The number of carbonyl (C=O) groups is 2. The van der Waals surface area contributed by atoms with Crippen LogP contribution in [-0.2, 0) is 11.3 Å². The topological polar surface area (TPSA) is 66.8 Å². The van der Waals surface area contributed by atoms with Gasteiger partial charge in [-0.15, -0.1) is 0 Å². The van der Waals surface area contributed by atoms with Crippen LogP contribution in [0.25, 0.3) is 0 Å². The molecule has 1 N–H and O–H groups in total.